The van der Waals surface area contributed by atoms with Gasteiger partial charge in [0, 0.05) is 49.6 Å². The van der Waals surface area contributed by atoms with Crippen LogP contribution in [0.25, 0.3) is 83.9 Å². The maximum atomic E-state index is 15.3. The van der Waals surface area contributed by atoms with Crippen molar-refractivity contribution >= 4 is 24.3 Å². The summed E-state index contributed by atoms with van der Waals surface area (Å²) in [5, 5.41) is 12.8. The topological polar surface area (TPSA) is 50.9 Å². The van der Waals surface area contributed by atoms with Crippen molar-refractivity contribution in [1.82, 2.24) is 14.5 Å². The number of phenols is 1. The second kappa shape index (κ2) is 23.4. The van der Waals surface area contributed by atoms with Crippen LogP contribution >= 0.6 is 0 Å². The number of imidazole rings is 1. The SMILES string of the molecule is CC(C)c1cc(-c2c(C(F)(F)F)cc([Si](C)(C)C)cc2C(F)(F)F)cc(C(C)C)c1-c1ccnc(-c2[c-]c(-c3cccc4c3nc(-c3cc(C(C)(C)C)cc(C(C)(C)C)c3O)n4-c3ccc(C(C)(C)C)cc3-c3ccccc3)cc(C(C)(C)C)c2)c1.[Pt]. The van der Waals surface area contributed by atoms with Gasteiger partial charge in [0.05, 0.1) is 41.5 Å². The van der Waals surface area contributed by atoms with Crippen LogP contribution in [-0.4, -0.2) is 27.7 Å². The minimum Gasteiger partial charge on any atom is -0.507 e. The minimum atomic E-state index is -5.06. The van der Waals surface area contributed by atoms with Crippen LogP contribution in [0.1, 0.15) is 167 Å². The molecule has 2 heterocycles. The van der Waals surface area contributed by atoms with Gasteiger partial charge in [-0.25, -0.2) is 4.98 Å². The van der Waals surface area contributed by atoms with E-state index in [1.807, 2.05) is 64.1 Å². The zero-order valence-corrected chi connectivity index (χ0v) is 57.0. The van der Waals surface area contributed by atoms with E-state index >= 15 is 26.3 Å². The van der Waals surface area contributed by atoms with E-state index in [1.165, 1.54) is 12.1 Å². The first-order valence-electron chi connectivity index (χ1n) is 29.8. The van der Waals surface area contributed by atoms with Crippen LogP contribution in [-0.2, 0) is 55.1 Å². The van der Waals surface area contributed by atoms with Gasteiger partial charge in [0.1, 0.15) is 11.6 Å². The number of para-hydroxylation sites is 1. The average molecular weight is 1380 g/mol. The Morgan fingerprint density at radius 2 is 1.03 bits per heavy atom. The number of rotatable bonds is 10. The molecular weight excluding hydrogens is 1300 g/mol. The van der Waals surface area contributed by atoms with Crippen LogP contribution in [0.4, 0.5) is 26.3 Å². The Morgan fingerprint density at radius 3 is 1.55 bits per heavy atom. The Labute approximate surface area is 527 Å². The summed E-state index contributed by atoms with van der Waals surface area (Å²) in [7, 11) is -2.66. The van der Waals surface area contributed by atoms with Crippen molar-refractivity contribution in [2.24, 2.45) is 0 Å². The molecule has 12 heteroatoms. The molecule has 0 radical (unpaired) electrons. The molecule has 460 valence electrons. The number of halogens is 6. The van der Waals surface area contributed by atoms with Gasteiger partial charge in [-0.3, -0.25) is 9.55 Å². The fourth-order valence-electron chi connectivity index (χ4n) is 11.5. The number of nitrogens with zero attached hydrogens (tertiary/aromatic N) is 3. The molecule has 0 aliphatic carbocycles. The predicted molar refractivity (Wildman–Crippen MR) is 348 cm³/mol. The molecule has 0 saturated carbocycles. The van der Waals surface area contributed by atoms with E-state index in [0.29, 0.717) is 39.3 Å². The van der Waals surface area contributed by atoms with E-state index in [4.69, 9.17) is 9.97 Å². The third kappa shape index (κ3) is 13.4. The normalized spacial score (nSPS) is 13.0. The van der Waals surface area contributed by atoms with Crippen LogP contribution < -0.4 is 5.19 Å². The molecule has 9 rings (SSSR count). The van der Waals surface area contributed by atoms with E-state index in [-0.39, 0.29) is 65.6 Å². The molecule has 0 aliphatic heterocycles. The quantitative estimate of drug-likeness (QED) is 0.0843. The van der Waals surface area contributed by atoms with Crippen molar-refractivity contribution in [1.29, 1.82) is 0 Å². The molecule has 0 saturated heterocycles. The van der Waals surface area contributed by atoms with Crippen molar-refractivity contribution < 1.29 is 52.5 Å². The maximum absolute atomic E-state index is 15.3. The smallest absolute Gasteiger partial charge is 0.417 e. The summed E-state index contributed by atoms with van der Waals surface area (Å²) in [4.78, 5) is 10.7. The molecule has 9 aromatic rings. The molecule has 0 fully saturated rings. The number of aromatic hydroxyl groups is 1. The van der Waals surface area contributed by atoms with Gasteiger partial charge in [0.25, 0.3) is 0 Å². The van der Waals surface area contributed by atoms with Crippen molar-refractivity contribution in [2.45, 2.75) is 176 Å². The van der Waals surface area contributed by atoms with Crippen LogP contribution in [0.3, 0.4) is 0 Å². The zero-order valence-electron chi connectivity index (χ0n) is 53.7. The minimum absolute atomic E-state index is 0. The van der Waals surface area contributed by atoms with Gasteiger partial charge in [-0.2, -0.15) is 26.3 Å². The molecule has 7 aromatic carbocycles. The van der Waals surface area contributed by atoms with E-state index < -0.39 is 42.5 Å². The van der Waals surface area contributed by atoms with Crippen molar-refractivity contribution in [3.63, 3.8) is 0 Å². The second-order valence-electron chi connectivity index (χ2n) is 29.1. The van der Waals surface area contributed by atoms with Gasteiger partial charge in [-0.15, -0.1) is 29.3 Å². The van der Waals surface area contributed by atoms with E-state index in [9.17, 15) is 5.11 Å². The standard InChI is InChI=1S/C75H82F6N3OSi.Pt/c1-43(2)55-35-49(66-59(74(76,77)78)41-53(86(17,18)19)42-60(66)75(79,80)81)36-56(44(3)4)65(55)46-30-31-82-62(37-46)48-32-47(33-51(34-48)71(8,9)10)54-26-23-27-64-67(54)83-69(58-39-52(72(11,12)13)40-61(68(58)85)73(14,15)16)84(64)63-29-28-50(70(5,6)7)38-57(63)45-24-21-20-22-25-45;/h20-31,33-44,85H,1-19H3;/q-1;. The number of pyridine rings is 1. The number of hydrogen-bond acceptors (Lipinski definition) is 3. The number of fused-ring (bicyclic) bond motifs is 1. The monoisotopic (exact) mass is 1380 g/mol. The summed E-state index contributed by atoms with van der Waals surface area (Å²) < 4.78 is 93.8. The third-order valence-corrected chi connectivity index (χ3v) is 18.6. The first kappa shape index (κ1) is 66.4. The van der Waals surface area contributed by atoms with Gasteiger partial charge < -0.3 is 5.11 Å². The fraction of sp³-hybridized carbons (Fsp3) is 0.360. The van der Waals surface area contributed by atoms with E-state index in [1.54, 1.807) is 25.8 Å². The number of hydrogen-bond donors (Lipinski definition) is 1. The summed E-state index contributed by atoms with van der Waals surface area (Å²) in [5.41, 5.74) is 9.76. The number of benzene rings is 7. The summed E-state index contributed by atoms with van der Waals surface area (Å²) in [6, 6.07) is 44.2. The van der Waals surface area contributed by atoms with Crippen LogP contribution in [0.5, 0.6) is 5.75 Å². The summed E-state index contributed by atoms with van der Waals surface area (Å²) in [6.45, 7) is 38.8. The van der Waals surface area contributed by atoms with Crippen molar-refractivity contribution in [3.05, 3.63) is 184 Å². The Hall–Kier alpha value is -6.55. The third-order valence-electron chi connectivity index (χ3n) is 16.6. The molecule has 1 N–H and O–H groups in total. The van der Waals surface area contributed by atoms with Gasteiger partial charge >= 0.3 is 12.4 Å². The van der Waals surface area contributed by atoms with Crippen LogP contribution in [0.15, 0.2) is 134 Å². The Morgan fingerprint density at radius 1 is 0.494 bits per heavy atom. The largest absolute Gasteiger partial charge is 0.507 e. The molecule has 4 nitrogen and oxygen atoms in total. The van der Waals surface area contributed by atoms with Gasteiger partial charge in [0.2, 0.25) is 0 Å². The van der Waals surface area contributed by atoms with Gasteiger partial charge in [-0.1, -0.05) is 232 Å². The Kier molecular flexibility index (Phi) is 17.9. The summed E-state index contributed by atoms with van der Waals surface area (Å²) in [6.07, 6.45) is -8.42. The predicted octanol–water partition coefficient (Wildman–Crippen LogP) is 21.9. The Bertz CT molecular complexity index is 4000. The maximum Gasteiger partial charge on any atom is 0.417 e. The molecule has 0 atom stereocenters. The number of phenolic OH excluding ortho intramolecular Hbond substituents is 1. The molecule has 0 unspecified atom stereocenters. The molecule has 87 heavy (non-hydrogen) atoms. The number of alkyl halides is 6. The first-order valence-corrected chi connectivity index (χ1v) is 33.3. The molecule has 0 spiro atoms. The summed E-state index contributed by atoms with van der Waals surface area (Å²) in [5.74, 6) is 0.115. The van der Waals surface area contributed by atoms with Crippen molar-refractivity contribution in [2.75, 3.05) is 0 Å². The summed E-state index contributed by atoms with van der Waals surface area (Å²) >= 11 is 0. The fourth-order valence-corrected chi connectivity index (χ4v) is 12.7. The molecule has 2 aromatic heterocycles. The number of aromatic nitrogens is 3. The van der Waals surface area contributed by atoms with E-state index in [2.05, 4.69) is 160 Å². The van der Waals surface area contributed by atoms with Crippen LogP contribution in [0.2, 0.25) is 19.6 Å². The Balaban J connectivity index is 0.00000982. The molecule has 0 amide bonds. The second-order valence-corrected chi connectivity index (χ2v) is 34.2. The first-order chi connectivity index (χ1) is 39.6. The van der Waals surface area contributed by atoms with Gasteiger partial charge in [0.15, 0.2) is 0 Å². The zero-order chi connectivity index (χ0) is 63.3. The van der Waals surface area contributed by atoms with Crippen LogP contribution in [0, 0.1) is 6.07 Å². The van der Waals surface area contributed by atoms with E-state index in [0.717, 1.165) is 79.0 Å². The molecule has 0 aliphatic rings. The van der Waals surface area contributed by atoms with Crippen molar-refractivity contribution in [3.8, 4) is 78.6 Å². The molecular formula is C75H82F6N3OPtSi-. The average Bonchev–Trinajstić information content (AvgIpc) is 1.75. The van der Waals surface area contributed by atoms with Gasteiger partial charge in [-0.05, 0) is 108 Å². The molecule has 0 bridgehead atoms.